The van der Waals surface area contributed by atoms with Crippen LogP contribution < -0.4 is 10.5 Å². The fraction of sp³-hybridized carbons (Fsp3) is 0.231. The lowest BCUT2D eigenvalue weighted by Gasteiger charge is -2.06. The molecule has 0 amide bonds. The number of sulfonamides is 1. The van der Waals surface area contributed by atoms with Gasteiger partial charge in [-0.05, 0) is 12.1 Å². The van der Waals surface area contributed by atoms with E-state index in [1.54, 1.807) is 11.6 Å². The summed E-state index contributed by atoms with van der Waals surface area (Å²) in [4.78, 5) is 0.0490. The maximum Gasteiger partial charge on any atom is 0.242 e. The predicted molar refractivity (Wildman–Crippen MR) is 73.7 cm³/mol. The Morgan fingerprint density at radius 2 is 2.00 bits per heavy atom. The molecule has 0 saturated carbocycles. The van der Waals surface area contributed by atoms with Crippen molar-refractivity contribution in [2.75, 3.05) is 0 Å². The van der Waals surface area contributed by atoms with Gasteiger partial charge in [0.2, 0.25) is 10.0 Å². The Bertz CT molecular complexity index is 757. The van der Waals surface area contributed by atoms with Crippen molar-refractivity contribution in [1.29, 1.82) is 0 Å². The summed E-state index contributed by atoms with van der Waals surface area (Å²) in [6.45, 7) is -0.0556. The van der Waals surface area contributed by atoms with Crippen molar-refractivity contribution in [2.24, 2.45) is 12.8 Å². The summed E-state index contributed by atoms with van der Waals surface area (Å²) in [7, 11) is -2.10. The zero-order valence-corrected chi connectivity index (χ0v) is 12.1. The highest BCUT2D eigenvalue weighted by atomic mass is 32.2. The number of aromatic nitrogens is 1. The van der Waals surface area contributed by atoms with Crippen LogP contribution in [0.15, 0.2) is 35.4 Å². The van der Waals surface area contributed by atoms with Gasteiger partial charge in [0, 0.05) is 43.7 Å². The summed E-state index contributed by atoms with van der Waals surface area (Å²) < 4.78 is 54.3. The van der Waals surface area contributed by atoms with Gasteiger partial charge >= 0.3 is 0 Å². The molecule has 114 valence electrons. The van der Waals surface area contributed by atoms with E-state index in [1.165, 1.54) is 18.3 Å². The van der Waals surface area contributed by atoms with Crippen LogP contribution in [0, 0.1) is 11.6 Å². The number of hydrogen-bond donors (Lipinski definition) is 2. The molecule has 0 spiro atoms. The number of halogens is 2. The minimum atomic E-state index is -3.78. The first-order valence-electron chi connectivity index (χ1n) is 6.12. The van der Waals surface area contributed by atoms with Crippen molar-refractivity contribution in [2.45, 2.75) is 18.0 Å². The second kappa shape index (κ2) is 5.92. The van der Waals surface area contributed by atoms with Crippen molar-refractivity contribution in [3.63, 3.8) is 0 Å². The maximum atomic E-state index is 13.5. The normalized spacial score (nSPS) is 11.8. The highest BCUT2D eigenvalue weighted by Gasteiger charge is 2.17. The molecule has 0 radical (unpaired) electrons. The SMILES string of the molecule is Cn1cc(S(=O)(=O)NCc2ccc(F)cc2F)cc1CN. The second-order valence-corrected chi connectivity index (χ2v) is 6.31. The fourth-order valence-electron chi connectivity index (χ4n) is 1.85. The Hall–Kier alpha value is -1.77. The molecule has 0 bridgehead atoms. The molecule has 2 aromatic rings. The molecule has 5 nitrogen and oxygen atoms in total. The quantitative estimate of drug-likeness (QED) is 0.871. The lowest BCUT2D eigenvalue weighted by atomic mass is 10.2. The first-order valence-corrected chi connectivity index (χ1v) is 7.60. The maximum absolute atomic E-state index is 13.5. The number of hydrogen-bond acceptors (Lipinski definition) is 3. The highest BCUT2D eigenvalue weighted by Crippen LogP contribution is 2.15. The van der Waals surface area contributed by atoms with Crippen LogP contribution in [0.2, 0.25) is 0 Å². The molecule has 0 atom stereocenters. The third kappa shape index (κ3) is 3.46. The van der Waals surface area contributed by atoms with Crippen LogP contribution in [0.25, 0.3) is 0 Å². The highest BCUT2D eigenvalue weighted by molar-refractivity contribution is 7.89. The van der Waals surface area contributed by atoms with Crippen LogP contribution in [-0.2, 0) is 30.2 Å². The Kier molecular flexibility index (Phi) is 4.40. The van der Waals surface area contributed by atoms with Crippen LogP contribution in [0.1, 0.15) is 11.3 Å². The first-order chi connectivity index (χ1) is 9.83. The van der Waals surface area contributed by atoms with E-state index in [-0.39, 0.29) is 23.5 Å². The fourth-order valence-corrected chi connectivity index (χ4v) is 2.95. The van der Waals surface area contributed by atoms with E-state index in [4.69, 9.17) is 5.73 Å². The Labute approximate surface area is 121 Å². The van der Waals surface area contributed by atoms with Gasteiger partial charge in [-0.15, -0.1) is 0 Å². The minimum Gasteiger partial charge on any atom is -0.352 e. The largest absolute Gasteiger partial charge is 0.352 e. The number of rotatable bonds is 5. The topological polar surface area (TPSA) is 77.1 Å². The predicted octanol–water partition coefficient (Wildman–Crippen LogP) is 1.24. The van der Waals surface area contributed by atoms with Crippen LogP contribution in [-0.4, -0.2) is 13.0 Å². The third-order valence-corrected chi connectivity index (χ3v) is 4.44. The van der Waals surface area contributed by atoms with Crippen molar-refractivity contribution in [1.82, 2.24) is 9.29 Å². The van der Waals surface area contributed by atoms with Gasteiger partial charge in [-0.2, -0.15) is 0 Å². The molecule has 21 heavy (non-hydrogen) atoms. The van der Waals surface area contributed by atoms with Crippen LogP contribution in [0.4, 0.5) is 8.78 Å². The van der Waals surface area contributed by atoms with Gasteiger partial charge in [0.15, 0.2) is 0 Å². The average Bonchev–Trinajstić information content (AvgIpc) is 2.80. The number of aryl methyl sites for hydroxylation is 1. The summed E-state index contributed by atoms with van der Waals surface area (Å²) in [5.41, 5.74) is 6.21. The molecule has 1 aromatic heterocycles. The molecule has 1 aromatic carbocycles. The van der Waals surface area contributed by atoms with Crippen LogP contribution >= 0.6 is 0 Å². The molecule has 0 aliphatic rings. The van der Waals surface area contributed by atoms with Gasteiger partial charge in [0.25, 0.3) is 0 Å². The van der Waals surface area contributed by atoms with Gasteiger partial charge in [0.05, 0.1) is 4.90 Å². The molecule has 0 aliphatic carbocycles. The van der Waals surface area contributed by atoms with E-state index < -0.39 is 21.7 Å². The zero-order chi connectivity index (χ0) is 15.6. The van der Waals surface area contributed by atoms with E-state index in [2.05, 4.69) is 4.72 Å². The molecule has 3 N–H and O–H groups in total. The van der Waals surface area contributed by atoms with Gasteiger partial charge < -0.3 is 10.3 Å². The van der Waals surface area contributed by atoms with Gasteiger partial charge in [0.1, 0.15) is 11.6 Å². The molecule has 1 heterocycles. The monoisotopic (exact) mass is 315 g/mol. The van der Waals surface area contributed by atoms with Crippen molar-refractivity contribution in [3.8, 4) is 0 Å². The standard InChI is InChI=1S/C13H15F2N3O2S/c1-18-8-12(5-11(18)6-16)21(19,20)17-7-9-2-3-10(14)4-13(9)15/h2-5,8,17H,6-7,16H2,1H3. The summed E-state index contributed by atoms with van der Waals surface area (Å²) in [6, 6.07) is 4.42. The lowest BCUT2D eigenvalue weighted by Crippen LogP contribution is -2.23. The summed E-state index contributed by atoms with van der Waals surface area (Å²) in [6.07, 6.45) is 1.42. The summed E-state index contributed by atoms with van der Waals surface area (Å²) in [5, 5.41) is 0. The average molecular weight is 315 g/mol. The molecule has 0 saturated heterocycles. The molecule has 0 aliphatic heterocycles. The molecule has 2 rings (SSSR count). The Balaban J connectivity index is 2.17. The van der Waals surface area contributed by atoms with E-state index in [0.717, 1.165) is 6.07 Å². The second-order valence-electron chi connectivity index (χ2n) is 4.54. The van der Waals surface area contributed by atoms with E-state index in [9.17, 15) is 17.2 Å². The molecule has 8 heteroatoms. The van der Waals surface area contributed by atoms with Crippen LogP contribution in [0.5, 0.6) is 0 Å². The molecule has 0 fully saturated rings. The smallest absolute Gasteiger partial charge is 0.242 e. The van der Waals surface area contributed by atoms with Gasteiger partial charge in [-0.1, -0.05) is 6.07 Å². The summed E-state index contributed by atoms with van der Waals surface area (Å²) >= 11 is 0. The number of nitrogens with zero attached hydrogens (tertiary/aromatic N) is 1. The van der Waals surface area contributed by atoms with E-state index >= 15 is 0 Å². The van der Waals surface area contributed by atoms with Gasteiger partial charge in [-0.25, -0.2) is 21.9 Å². The molecular weight excluding hydrogens is 300 g/mol. The van der Waals surface area contributed by atoms with Crippen LogP contribution in [0.3, 0.4) is 0 Å². The third-order valence-electron chi connectivity index (χ3n) is 3.07. The summed E-state index contributed by atoms with van der Waals surface area (Å²) in [5.74, 6) is -1.51. The number of benzene rings is 1. The molecular formula is C13H15F2N3O2S. The Morgan fingerprint density at radius 3 is 2.57 bits per heavy atom. The van der Waals surface area contributed by atoms with Crippen molar-refractivity contribution < 1.29 is 17.2 Å². The lowest BCUT2D eigenvalue weighted by molar-refractivity contribution is 0.562. The zero-order valence-electron chi connectivity index (χ0n) is 11.3. The molecule has 0 unspecified atom stereocenters. The minimum absolute atomic E-state index is 0.0490. The van der Waals surface area contributed by atoms with Crippen molar-refractivity contribution in [3.05, 3.63) is 53.4 Å². The number of nitrogens with one attached hydrogen (secondary N) is 1. The van der Waals surface area contributed by atoms with Crippen molar-refractivity contribution >= 4 is 10.0 Å². The van der Waals surface area contributed by atoms with E-state index in [1.807, 2.05) is 0 Å². The van der Waals surface area contributed by atoms with E-state index in [0.29, 0.717) is 11.8 Å². The number of nitrogens with two attached hydrogens (primary N) is 1. The van der Waals surface area contributed by atoms with Gasteiger partial charge in [-0.3, -0.25) is 0 Å². The first kappa shape index (κ1) is 15.6. The Morgan fingerprint density at radius 1 is 1.29 bits per heavy atom.